The third-order valence-corrected chi connectivity index (χ3v) is 3.08. The van der Waals surface area contributed by atoms with E-state index >= 15 is 0 Å². The molecule has 98 valence electrons. The minimum atomic E-state index is -0.276. The Morgan fingerprint density at radius 2 is 2.16 bits per heavy atom. The molecule has 0 fully saturated rings. The Morgan fingerprint density at radius 1 is 1.37 bits per heavy atom. The summed E-state index contributed by atoms with van der Waals surface area (Å²) in [7, 11) is 0. The Hall–Kier alpha value is -2.37. The van der Waals surface area contributed by atoms with Crippen LogP contribution >= 0.6 is 0 Å². The first-order valence-electron chi connectivity index (χ1n) is 6.14. The summed E-state index contributed by atoms with van der Waals surface area (Å²) in [5, 5.41) is 8.54. The molecule has 0 N–H and O–H groups in total. The van der Waals surface area contributed by atoms with Crippen LogP contribution in [0.1, 0.15) is 28.9 Å². The van der Waals surface area contributed by atoms with Crippen LogP contribution in [-0.4, -0.2) is 25.5 Å². The van der Waals surface area contributed by atoms with Crippen molar-refractivity contribution < 1.29 is 9.21 Å². The van der Waals surface area contributed by atoms with E-state index in [1.54, 1.807) is 25.3 Å². The molecule has 3 heterocycles. The van der Waals surface area contributed by atoms with Gasteiger partial charge in [0.1, 0.15) is 16.8 Å². The van der Waals surface area contributed by atoms with E-state index in [1.165, 1.54) is 4.68 Å². The SMILES string of the molecule is CCn1nc(C)c2c1cnn2C(=O)c1ccc(C)o1. The Kier molecular flexibility index (Phi) is 2.51. The fourth-order valence-electron chi connectivity index (χ4n) is 2.20. The number of hydrogen-bond donors (Lipinski definition) is 0. The molecule has 6 nitrogen and oxygen atoms in total. The van der Waals surface area contributed by atoms with Gasteiger partial charge in [0.2, 0.25) is 0 Å². The van der Waals surface area contributed by atoms with Crippen LogP contribution in [0.15, 0.2) is 22.7 Å². The van der Waals surface area contributed by atoms with Gasteiger partial charge in [-0.15, -0.1) is 0 Å². The molecule has 0 saturated carbocycles. The van der Waals surface area contributed by atoms with E-state index in [0.717, 1.165) is 23.3 Å². The molecule has 0 unspecified atom stereocenters. The molecule has 3 rings (SSSR count). The van der Waals surface area contributed by atoms with Gasteiger partial charge >= 0.3 is 5.91 Å². The first-order chi connectivity index (χ1) is 9.11. The number of carbonyl (C=O) groups is 1. The molecule has 0 atom stereocenters. The van der Waals surface area contributed by atoms with Crippen molar-refractivity contribution in [1.82, 2.24) is 19.6 Å². The lowest BCUT2D eigenvalue weighted by atomic mass is 10.3. The van der Waals surface area contributed by atoms with Crippen molar-refractivity contribution in [2.24, 2.45) is 0 Å². The van der Waals surface area contributed by atoms with Crippen molar-refractivity contribution in [2.45, 2.75) is 27.3 Å². The number of hydrogen-bond acceptors (Lipinski definition) is 4. The van der Waals surface area contributed by atoms with Gasteiger partial charge < -0.3 is 4.42 Å². The van der Waals surface area contributed by atoms with Gasteiger partial charge in [-0.05, 0) is 32.9 Å². The van der Waals surface area contributed by atoms with Crippen LogP contribution in [-0.2, 0) is 6.54 Å². The second-order valence-electron chi connectivity index (χ2n) is 4.41. The second-order valence-corrected chi connectivity index (χ2v) is 4.41. The lowest BCUT2D eigenvalue weighted by molar-refractivity contribution is 0.0921. The molecule has 0 radical (unpaired) electrons. The van der Waals surface area contributed by atoms with Crippen LogP contribution in [0.4, 0.5) is 0 Å². The van der Waals surface area contributed by atoms with Gasteiger partial charge in [0.05, 0.1) is 11.9 Å². The van der Waals surface area contributed by atoms with Gasteiger partial charge in [-0.2, -0.15) is 14.9 Å². The number of furan rings is 1. The van der Waals surface area contributed by atoms with E-state index < -0.39 is 0 Å². The number of nitrogens with zero attached hydrogens (tertiary/aromatic N) is 4. The molecule has 19 heavy (non-hydrogen) atoms. The van der Waals surface area contributed by atoms with Crippen molar-refractivity contribution in [1.29, 1.82) is 0 Å². The highest BCUT2D eigenvalue weighted by molar-refractivity contribution is 5.99. The number of carbonyl (C=O) groups excluding carboxylic acids is 1. The van der Waals surface area contributed by atoms with Gasteiger partial charge in [-0.1, -0.05) is 0 Å². The smallest absolute Gasteiger partial charge is 0.314 e. The third kappa shape index (κ3) is 1.68. The molecular formula is C13H14N4O2. The van der Waals surface area contributed by atoms with Crippen LogP contribution in [0.25, 0.3) is 11.0 Å². The summed E-state index contributed by atoms with van der Waals surface area (Å²) >= 11 is 0. The second kappa shape index (κ2) is 4.08. The van der Waals surface area contributed by atoms with Gasteiger partial charge in [-0.25, -0.2) is 0 Å². The molecule has 3 aromatic rings. The van der Waals surface area contributed by atoms with Gasteiger partial charge in [-0.3, -0.25) is 9.48 Å². The molecule has 6 heteroatoms. The van der Waals surface area contributed by atoms with E-state index in [2.05, 4.69) is 10.2 Å². The zero-order chi connectivity index (χ0) is 13.6. The maximum atomic E-state index is 12.4. The standard InChI is InChI=1S/C13H14N4O2/c1-4-16-10-7-14-17(12(10)9(3)15-16)13(18)11-6-5-8(2)19-11/h5-7H,4H2,1-3H3. The van der Waals surface area contributed by atoms with E-state index in [9.17, 15) is 4.79 Å². The van der Waals surface area contributed by atoms with E-state index in [-0.39, 0.29) is 11.7 Å². The highest BCUT2D eigenvalue weighted by Gasteiger charge is 2.20. The van der Waals surface area contributed by atoms with E-state index in [1.807, 2.05) is 18.5 Å². The van der Waals surface area contributed by atoms with Gasteiger partial charge in [0.15, 0.2) is 5.76 Å². The quantitative estimate of drug-likeness (QED) is 0.706. The van der Waals surface area contributed by atoms with Gasteiger partial charge in [0, 0.05) is 6.54 Å². The molecular weight excluding hydrogens is 244 g/mol. The normalized spacial score (nSPS) is 11.3. The number of rotatable bonds is 2. The average Bonchev–Trinajstić information content (AvgIpc) is 3.06. The molecule has 0 aliphatic heterocycles. The van der Waals surface area contributed by atoms with Crippen LogP contribution in [0, 0.1) is 13.8 Å². The summed E-state index contributed by atoms with van der Waals surface area (Å²) in [6.07, 6.45) is 1.66. The molecule has 0 saturated heterocycles. The van der Waals surface area contributed by atoms with Crippen molar-refractivity contribution in [3.63, 3.8) is 0 Å². The maximum absolute atomic E-state index is 12.4. The number of aromatic nitrogens is 4. The third-order valence-electron chi connectivity index (χ3n) is 3.08. The summed E-state index contributed by atoms with van der Waals surface area (Å²) in [5.41, 5.74) is 2.38. The summed E-state index contributed by atoms with van der Waals surface area (Å²) in [6.45, 7) is 6.41. The van der Waals surface area contributed by atoms with Crippen LogP contribution in [0.5, 0.6) is 0 Å². The largest absolute Gasteiger partial charge is 0.456 e. The first kappa shape index (κ1) is 11.7. The molecule has 0 bridgehead atoms. The van der Waals surface area contributed by atoms with Crippen molar-refractivity contribution >= 4 is 16.9 Å². The highest BCUT2D eigenvalue weighted by Crippen LogP contribution is 2.19. The van der Waals surface area contributed by atoms with E-state index in [4.69, 9.17) is 4.42 Å². The summed E-state index contributed by atoms with van der Waals surface area (Å²) < 4.78 is 8.53. The fraction of sp³-hybridized carbons (Fsp3) is 0.308. The predicted octanol–water partition coefficient (Wildman–Crippen LogP) is 2.15. The lowest BCUT2D eigenvalue weighted by Crippen LogP contribution is -2.12. The van der Waals surface area contributed by atoms with Crippen molar-refractivity contribution in [3.05, 3.63) is 35.5 Å². The molecule has 0 amide bonds. The zero-order valence-corrected chi connectivity index (χ0v) is 11.0. The minimum absolute atomic E-state index is 0.276. The minimum Gasteiger partial charge on any atom is -0.456 e. The fourth-order valence-corrected chi connectivity index (χ4v) is 2.20. The molecule has 0 aliphatic carbocycles. The Balaban J connectivity index is 2.15. The van der Waals surface area contributed by atoms with E-state index in [0.29, 0.717) is 5.76 Å². The molecule has 0 spiro atoms. The highest BCUT2D eigenvalue weighted by atomic mass is 16.3. The first-order valence-corrected chi connectivity index (χ1v) is 6.14. The lowest BCUT2D eigenvalue weighted by Gasteiger charge is -1.97. The number of aryl methyl sites for hydroxylation is 3. The zero-order valence-electron chi connectivity index (χ0n) is 11.0. The molecule has 0 aliphatic rings. The Bertz CT molecular complexity index is 763. The summed E-state index contributed by atoms with van der Waals surface area (Å²) in [5.74, 6) is 0.709. The number of fused-ring (bicyclic) bond motifs is 1. The Labute approximate surface area is 109 Å². The van der Waals surface area contributed by atoms with Crippen LogP contribution in [0.2, 0.25) is 0 Å². The molecule has 3 aromatic heterocycles. The molecule has 0 aromatic carbocycles. The topological polar surface area (TPSA) is 65.8 Å². The van der Waals surface area contributed by atoms with Crippen molar-refractivity contribution in [3.8, 4) is 0 Å². The van der Waals surface area contributed by atoms with Crippen molar-refractivity contribution in [2.75, 3.05) is 0 Å². The maximum Gasteiger partial charge on any atom is 0.314 e. The average molecular weight is 258 g/mol. The Morgan fingerprint density at radius 3 is 2.79 bits per heavy atom. The summed E-state index contributed by atoms with van der Waals surface area (Å²) in [4.78, 5) is 12.4. The summed E-state index contributed by atoms with van der Waals surface area (Å²) in [6, 6.07) is 3.42. The monoisotopic (exact) mass is 258 g/mol. The van der Waals surface area contributed by atoms with Gasteiger partial charge in [0.25, 0.3) is 0 Å². The van der Waals surface area contributed by atoms with Crippen LogP contribution < -0.4 is 0 Å². The predicted molar refractivity (Wildman–Crippen MR) is 69.1 cm³/mol. The van der Waals surface area contributed by atoms with Crippen LogP contribution in [0.3, 0.4) is 0 Å².